The highest BCUT2D eigenvalue weighted by Gasteiger charge is 2.32. The number of ether oxygens (including phenoxy) is 1. The molecule has 162 valence electrons. The maximum atomic E-state index is 13.1. The summed E-state index contributed by atoms with van der Waals surface area (Å²) < 4.78 is 6.13. The molecule has 1 N–H and O–H groups in total. The van der Waals surface area contributed by atoms with Crippen LogP contribution in [0.25, 0.3) is 10.1 Å². The quantitative estimate of drug-likeness (QED) is 0.573. The van der Waals surface area contributed by atoms with Crippen molar-refractivity contribution >= 4 is 33.2 Å². The Balaban J connectivity index is 1.60. The van der Waals surface area contributed by atoms with Crippen LogP contribution in [-0.4, -0.2) is 59.5 Å². The average molecular weight is 439 g/mol. The molecule has 31 heavy (non-hydrogen) atoms. The molecular formula is C23H26N4O3S. The van der Waals surface area contributed by atoms with Gasteiger partial charge in [-0.3, -0.25) is 14.6 Å². The summed E-state index contributed by atoms with van der Waals surface area (Å²) in [7, 11) is 1.61. The average Bonchev–Trinajstić information content (AvgIpc) is 3.39. The zero-order valence-corrected chi connectivity index (χ0v) is 18.6. The van der Waals surface area contributed by atoms with Gasteiger partial charge < -0.3 is 15.0 Å². The highest BCUT2D eigenvalue weighted by molar-refractivity contribution is 7.21. The van der Waals surface area contributed by atoms with Crippen LogP contribution < -0.4 is 5.32 Å². The lowest BCUT2D eigenvalue weighted by Crippen LogP contribution is -2.37. The maximum Gasteiger partial charge on any atom is 0.274 e. The highest BCUT2D eigenvalue weighted by atomic mass is 32.1. The first-order chi connectivity index (χ1) is 15.1. The van der Waals surface area contributed by atoms with Crippen molar-refractivity contribution in [3.63, 3.8) is 0 Å². The molecule has 0 bridgehead atoms. The molecule has 3 heterocycles. The second-order valence-electron chi connectivity index (χ2n) is 7.70. The Hall–Kier alpha value is -2.84. The summed E-state index contributed by atoms with van der Waals surface area (Å²) in [5.41, 5.74) is 2.16. The molecule has 2 aromatic heterocycles. The van der Waals surface area contributed by atoms with Gasteiger partial charge in [0.2, 0.25) is 0 Å². The molecule has 3 aromatic rings. The molecule has 0 unspecified atom stereocenters. The molecule has 0 radical (unpaired) electrons. The molecule has 1 fully saturated rings. The van der Waals surface area contributed by atoms with Crippen LogP contribution in [0.5, 0.6) is 0 Å². The molecule has 2 amide bonds. The molecule has 8 heteroatoms. The molecule has 1 aromatic carbocycles. The van der Waals surface area contributed by atoms with Gasteiger partial charge >= 0.3 is 0 Å². The Morgan fingerprint density at radius 3 is 2.87 bits per heavy atom. The molecule has 1 aliphatic heterocycles. The number of benzene rings is 1. The number of fused-ring (bicyclic) bond motifs is 1. The lowest BCUT2D eigenvalue weighted by atomic mass is 10.00. The summed E-state index contributed by atoms with van der Waals surface area (Å²) in [6.07, 6.45) is 5.64. The zero-order valence-electron chi connectivity index (χ0n) is 17.8. The van der Waals surface area contributed by atoms with E-state index in [0.29, 0.717) is 36.7 Å². The van der Waals surface area contributed by atoms with Crippen LogP contribution in [0.2, 0.25) is 0 Å². The van der Waals surface area contributed by atoms with E-state index in [1.807, 2.05) is 30.0 Å². The van der Waals surface area contributed by atoms with E-state index in [9.17, 15) is 9.59 Å². The van der Waals surface area contributed by atoms with Crippen molar-refractivity contribution in [2.24, 2.45) is 0 Å². The molecule has 1 aliphatic rings. The summed E-state index contributed by atoms with van der Waals surface area (Å²) >= 11 is 1.50. The number of thiophene rings is 1. The fourth-order valence-corrected chi connectivity index (χ4v) is 5.18. The van der Waals surface area contributed by atoms with Gasteiger partial charge in [0.15, 0.2) is 0 Å². The highest BCUT2D eigenvalue weighted by Crippen LogP contribution is 2.34. The minimum absolute atomic E-state index is 0.0270. The summed E-state index contributed by atoms with van der Waals surface area (Å²) in [5.74, 6) is -0.186. The Morgan fingerprint density at radius 1 is 1.26 bits per heavy atom. The van der Waals surface area contributed by atoms with Gasteiger partial charge in [0, 0.05) is 37.1 Å². The van der Waals surface area contributed by atoms with Crippen molar-refractivity contribution in [2.75, 3.05) is 26.8 Å². The number of rotatable bonds is 7. The first-order valence-electron chi connectivity index (χ1n) is 10.5. The van der Waals surface area contributed by atoms with E-state index < -0.39 is 0 Å². The van der Waals surface area contributed by atoms with E-state index >= 15 is 0 Å². The van der Waals surface area contributed by atoms with Crippen molar-refractivity contribution in [1.82, 2.24) is 20.2 Å². The van der Waals surface area contributed by atoms with Crippen molar-refractivity contribution in [3.05, 3.63) is 58.5 Å². The van der Waals surface area contributed by atoms with Gasteiger partial charge in [0.25, 0.3) is 11.8 Å². The van der Waals surface area contributed by atoms with Crippen LogP contribution in [0.1, 0.15) is 44.3 Å². The number of carbonyl (C=O) groups is 2. The number of methoxy groups -OCH3 is 1. The smallest absolute Gasteiger partial charge is 0.274 e. The molecular weight excluding hydrogens is 412 g/mol. The molecule has 0 spiro atoms. The summed E-state index contributed by atoms with van der Waals surface area (Å²) in [4.78, 5) is 37.1. The van der Waals surface area contributed by atoms with Gasteiger partial charge in [-0.15, -0.1) is 11.3 Å². The second kappa shape index (κ2) is 9.53. The van der Waals surface area contributed by atoms with Crippen LogP contribution in [0, 0.1) is 6.92 Å². The van der Waals surface area contributed by atoms with Crippen molar-refractivity contribution < 1.29 is 14.3 Å². The van der Waals surface area contributed by atoms with Crippen molar-refractivity contribution in [3.8, 4) is 0 Å². The number of nitrogens with one attached hydrogen (secondary N) is 1. The number of hydrogen-bond donors (Lipinski definition) is 1. The normalized spacial score (nSPS) is 16.1. The zero-order chi connectivity index (χ0) is 21.8. The van der Waals surface area contributed by atoms with E-state index in [4.69, 9.17) is 4.74 Å². The summed E-state index contributed by atoms with van der Waals surface area (Å²) in [6.45, 7) is 3.47. The fraction of sp³-hybridized carbons (Fsp3) is 0.391. The molecule has 1 saturated heterocycles. The Kier molecular flexibility index (Phi) is 6.58. The molecule has 4 rings (SSSR count). The number of nitrogens with zero attached hydrogens (tertiary/aromatic N) is 3. The lowest BCUT2D eigenvalue weighted by molar-refractivity contribution is 0.0730. The Morgan fingerprint density at radius 2 is 2.10 bits per heavy atom. The number of likely N-dealkylation sites (tertiary alicyclic amines) is 1. The molecule has 0 saturated carbocycles. The maximum absolute atomic E-state index is 13.1. The lowest BCUT2D eigenvalue weighted by Gasteiger charge is -2.24. The van der Waals surface area contributed by atoms with Crippen molar-refractivity contribution in [2.45, 2.75) is 32.2 Å². The minimum atomic E-state index is -0.0966. The van der Waals surface area contributed by atoms with E-state index in [1.54, 1.807) is 19.5 Å². The number of aryl methyl sites for hydroxylation is 1. The third kappa shape index (κ3) is 4.60. The molecule has 0 aliphatic carbocycles. The van der Waals surface area contributed by atoms with E-state index in [-0.39, 0.29) is 17.9 Å². The second-order valence-corrected chi connectivity index (χ2v) is 8.75. The van der Waals surface area contributed by atoms with Gasteiger partial charge in [-0.05, 0) is 43.2 Å². The molecule has 7 nitrogen and oxygen atoms in total. The van der Waals surface area contributed by atoms with Gasteiger partial charge in [-0.2, -0.15) is 0 Å². The number of hydrogen-bond acceptors (Lipinski definition) is 6. The number of aromatic nitrogens is 2. The first-order valence-corrected chi connectivity index (χ1v) is 11.3. The standard InChI is InChI=1S/C23H26N4O3S/c1-15-13-26-19(14-25-15)23(29)27-10-5-6-16(27)12-18-17-7-3-4-8-20(17)31-21(18)22(28)24-9-11-30-2/h3-4,7-8,13-14,16H,5-6,9-12H2,1-2H3,(H,24,28)/t16-/m0/s1. The van der Waals surface area contributed by atoms with E-state index in [0.717, 1.165) is 34.2 Å². The van der Waals surface area contributed by atoms with Crippen molar-refractivity contribution in [1.29, 1.82) is 0 Å². The predicted molar refractivity (Wildman–Crippen MR) is 121 cm³/mol. The topological polar surface area (TPSA) is 84.4 Å². The largest absolute Gasteiger partial charge is 0.383 e. The van der Waals surface area contributed by atoms with E-state index in [2.05, 4.69) is 21.4 Å². The molecule has 1 atom stereocenters. The monoisotopic (exact) mass is 438 g/mol. The van der Waals surface area contributed by atoms with Gasteiger partial charge in [0.05, 0.1) is 23.4 Å². The summed E-state index contributed by atoms with van der Waals surface area (Å²) in [5, 5.41) is 4.02. The number of amides is 2. The minimum Gasteiger partial charge on any atom is -0.383 e. The van der Waals surface area contributed by atoms with Gasteiger partial charge in [-0.25, -0.2) is 4.98 Å². The van der Waals surface area contributed by atoms with E-state index in [1.165, 1.54) is 11.3 Å². The van der Waals surface area contributed by atoms with Crippen LogP contribution in [0.15, 0.2) is 36.7 Å². The Labute approximate surface area is 185 Å². The third-order valence-electron chi connectivity index (χ3n) is 5.57. The van der Waals surface area contributed by atoms with Gasteiger partial charge in [-0.1, -0.05) is 18.2 Å². The van der Waals surface area contributed by atoms with Crippen LogP contribution in [-0.2, 0) is 11.2 Å². The van der Waals surface area contributed by atoms with Crippen LogP contribution >= 0.6 is 11.3 Å². The fourth-order valence-electron chi connectivity index (χ4n) is 4.03. The predicted octanol–water partition coefficient (Wildman–Crippen LogP) is 3.22. The van der Waals surface area contributed by atoms with Gasteiger partial charge in [0.1, 0.15) is 5.69 Å². The SMILES string of the molecule is COCCNC(=O)c1sc2ccccc2c1C[C@@H]1CCCN1C(=O)c1cnc(C)cn1. The first kappa shape index (κ1) is 21.4. The van der Waals surface area contributed by atoms with Crippen LogP contribution in [0.4, 0.5) is 0 Å². The summed E-state index contributed by atoms with van der Waals surface area (Å²) in [6, 6.07) is 8.09. The third-order valence-corrected chi connectivity index (χ3v) is 6.79. The number of carbonyl (C=O) groups excluding carboxylic acids is 2. The van der Waals surface area contributed by atoms with Crippen LogP contribution in [0.3, 0.4) is 0 Å². The Bertz CT molecular complexity index is 1080.